The van der Waals surface area contributed by atoms with Crippen LogP contribution in [0.1, 0.15) is 69.5 Å². The quantitative estimate of drug-likeness (QED) is 0.590. The maximum Gasteiger partial charge on any atom is 0.231 e. The molecule has 5 nitrogen and oxygen atoms in total. The first kappa shape index (κ1) is 16.4. The number of hydrogen-bond acceptors (Lipinski definition) is 5. The zero-order valence-electron chi connectivity index (χ0n) is 13.4. The van der Waals surface area contributed by atoms with Crippen LogP contribution in [-0.2, 0) is 11.2 Å². The van der Waals surface area contributed by atoms with Gasteiger partial charge < -0.3 is 14.6 Å². The van der Waals surface area contributed by atoms with Gasteiger partial charge >= 0.3 is 0 Å². The average molecular weight is 295 g/mol. The second-order valence-electron chi connectivity index (χ2n) is 5.95. The third-order valence-electron chi connectivity index (χ3n) is 4.22. The van der Waals surface area contributed by atoms with E-state index in [4.69, 9.17) is 9.26 Å². The Balaban J connectivity index is 1.98. The predicted octanol–water partition coefficient (Wildman–Crippen LogP) is 3.06. The fourth-order valence-electron chi connectivity index (χ4n) is 3.07. The van der Waals surface area contributed by atoms with Crippen molar-refractivity contribution in [2.24, 2.45) is 0 Å². The van der Waals surface area contributed by atoms with Gasteiger partial charge in [-0.3, -0.25) is 0 Å². The maximum absolute atomic E-state index is 5.56. The first-order valence-electron chi connectivity index (χ1n) is 8.40. The number of ether oxygens (including phenoxy) is 1. The third kappa shape index (κ3) is 5.08. The SMILES string of the molecule is CCCNC1CCCCCC1c1nc(CCCOC)no1. The van der Waals surface area contributed by atoms with Gasteiger partial charge in [0.2, 0.25) is 5.89 Å². The predicted molar refractivity (Wildman–Crippen MR) is 82.4 cm³/mol. The average Bonchev–Trinajstić information content (AvgIpc) is 2.83. The molecule has 120 valence electrons. The van der Waals surface area contributed by atoms with Crippen molar-refractivity contribution in [2.45, 2.75) is 70.3 Å². The zero-order chi connectivity index (χ0) is 14.9. The lowest BCUT2D eigenvalue weighted by atomic mass is 9.94. The van der Waals surface area contributed by atoms with Crippen LogP contribution < -0.4 is 5.32 Å². The first-order valence-corrected chi connectivity index (χ1v) is 8.40. The summed E-state index contributed by atoms with van der Waals surface area (Å²) in [5.41, 5.74) is 0. The molecule has 0 bridgehead atoms. The summed E-state index contributed by atoms with van der Waals surface area (Å²) in [4.78, 5) is 4.63. The molecule has 1 aliphatic carbocycles. The highest BCUT2D eigenvalue weighted by atomic mass is 16.5. The molecule has 1 N–H and O–H groups in total. The minimum absolute atomic E-state index is 0.378. The van der Waals surface area contributed by atoms with Gasteiger partial charge in [0.15, 0.2) is 5.82 Å². The largest absolute Gasteiger partial charge is 0.385 e. The number of rotatable bonds is 8. The fourth-order valence-corrected chi connectivity index (χ4v) is 3.07. The summed E-state index contributed by atoms with van der Waals surface area (Å²) in [6, 6.07) is 0.486. The van der Waals surface area contributed by atoms with Crippen LogP contribution in [0.5, 0.6) is 0 Å². The molecule has 1 fully saturated rings. The lowest BCUT2D eigenvalue weighted by molar-refractivity contribution is 0.194. The lowest BCUT2D eigenvalue weighted by Crippen LogP contribution is -2.35. The molecule has 5 heteroatoms. The van der Waals surface area contributed by atoms with Gasteiger partial charge in [0.1, 0.15) is 0 Å². The molecule has 0 radical (unpaired) electrons. The van der Waals surface area contributed by atoms with E-state index >= 15 is 0 Å². The zero-order valence-corrected chi connectivity index (χ0v) is 13.4. The molecule has 1 saturated carbocycles. The van der Waals surface area contributed by atoms with Crippen molar-refractivity contribution in [3.8, 4) is 0 Å². The topological polar surface area (TPSA) is 60.2 Å². The van der Waals surface area contributed by atoms with Crippen molar-refractivity contribution in [1.29, 1.82) is 0 Å². The smallest absolute Gasteiger partial charge is 0.231 e. The second kappa shape index (κ2) is 9.15. The molecular weight excluding hydrogens is 266 g/mol. The van der Waals surface area contributed by atoms with E-state index in [1.54, 1.807) is 7.11 Å². The van der Waals surface area contributed by atoms with Crippen molar-refractivity contribution in [3.05, 3.63) is 11.7 Å². The van der Waals surface area contributed by atoms with Gasteiger partial charge in [-0.25, -0.2) is 0 Å². The van der Waals surface area contributed by atoms with Crippen LogP contribution in [-0.4, -0.2) is 36.4 Å². The Morgan fingerprint density at radius 1 is 1.29 bits per heavy atom. The molecular formula is C16H29N3O2. The Morgan fingerprint density at radius 3 is 2.95 bits per heavy atom. The monoisotopic (exact) mass is 295 g/mol. The highest BCUT2D eigenvalue weighted by Gasteiger charge is 2.29. The van der Waals surface area contributed by atoms with E-state index in [9.17, 15) is 0 Å². The molecule has 21 heavy (non-hydrogen) atoms. The number of aryl methyl sites for hydroxylation is 1. The number of nitrogens with zero attached hydrogens (tertiary/aromatic N) is 2. The van der Waals surface area contributed by atoms with Crippen molar-refractivity contribution >= 4 is 0 Å². The summed E-state index contributed by atoms with van der Waals surface area (Å²) in [5, 5.41) is 7.81. The van der Waals surface area contributed by atoms with Gasteiger partial charge in [-0.1, -0.05) is 31.3 Å². The van der Waals surface area contributed by atoms with E-state index in [1.807, 2.05) is 0 Å². The molecule has 0 saturated heterocycles. The van der Waals surface area contributed by atoms with Crippen LogP contribution in [0.2, 0.25) is 0 Å². The van der Waals surface area contributed by atoms with E-state index in [-0.39, 0.29) is 0 Å². The summed E-state index contributed by atoms with van der Waals surface area (Å²) in [6.07, 6.45) is 9.18. The van der Waals surface area contributed by atoms with E-state index in [1.165, 1.54) is 25.7 Å². The molecule has 1 aromatic rings. The molecule has 1 aliphatic rings. The molecule has 0 amide bonds. The molecule has 0 aliphatic heterocycles. The minimum Gasteiger partial charge on any atom is -0.385 e. The summed E-state index contributed by atoms with van der Waals surface area (Å²) in [5.74, 6) is 2.03. The third-order valence-corrected chi connectivity index (χ3v) is 4.22. The Kier molecular flexibility index (Phi) is 7.16. The number of aromatic nitrogens is 2. The Labute approximate surface area is 127 Å². The lowest BCUT2D eigenvalue weighted by Gasteiger charge is -2.23. The van der Waals surface area contributed by atoms with E-state index < -0.39 is 0 Å². The van der Waals surface area contributed by atoms with Gasteiger partial charge in [-0.05, 0) is 32.2 Å². The highest BCUT2D eigenvalue weighted by Crippen LogP contribution is 2.31. The molecule has 2 rings (SSSR count). The van der Waals surface area contributed by atoms with Crippen molar-refractivity contribution < 1.29 is 9.26 Å². The van der Waals surface area contributed by atoms with Crippen LogP contribution in [0, 0.1) is 0 Å². The molecule has 2 unspecified atom stereocenters. The molecule has 0 spiro atoms. The van der Waals surface area contributed by atoms with Gasteiger partial charge in [0.05, 0.1) is 5.92 Å². The molecule has 1 aromatic heterocycles. The van der Waals surface area contributed by atoms with E-state index in [0.717, 1.165) is 50.6 Å². The fraction of sp³-hybridized carbons (Fsp3) is 0.875. The van der Waals surface area contributed by atoms with Gasteiger partial charge in [0, 0.05) is 26.2 Å². The summed E-state index contributed by atoms with van der Waals surface area (Å²) < 4.78 is 10.6. The number of methoxy groups -OCH3 is 1. The molecule has 0 aromatic carbocycles. The van der Waals surface area contributed by atoms with Gasteiger partial charge in [-0.15, -0.1) is 0 Å². The minimum atomic E-state index is 0.378. The van der Waals surface area contributed by atoms with Crippen LogP contribution >= 0.6 is 0 Å². The van der Waals surface area contributed by atoms with Crippen molar-refractivity contribution in [1.82, 2.24) is 15.5 Å². The van der Waals surface area contributed by atoms with E-state index in [2.05, 4.69) is 22.4 Å². The van der Waals surface area contributed by atoms with Crippen molar-refractivity contribution in [3.63, 3.8) is 0 Å². The number of hydrogen-bond donors (Lipinski definition) is 1. The van der Waals surface area contributed by atoms with Gasteiger partial charge in [-0.2, -0.15) is 4.98 Å². The first-order chi connectivity index (χ1) is 10.3. The van der Waals surface area contributed by atoms with Crippen molar-refractivity contribution in [2.75, 3.05) is 20.3 Å². The number of nitrogens with one attached hydrogen (secondary N) is 1. The maximum atomic E-state index is 5.56. The molecule has 2 atom stereocenters. The van der Waals surface area contributed by atoms with Gasteiger partial charge in [0.25, 0.3) is 0 Å². The summed E-state index contributed by atoms with van der Waals surface area (Å²) >= 11 is 0. The Bertz CT molecular complexity index is 395. The Hall–Kier alpha value is -0.940. The Morgan fingerprint density at radius 2 is 2.14 bits per heavy atom. The van der Waals surface area contributed by atoms with Crippen LogP contribution in [0.15, 0.2) is 4.52 Å². The molecule has 1 heterocycles. The van der Waals surface area contributed by atoms with Crippen LogP contribution in [0.25, 0.3) is 0 Å². The highest BCUT2D eigenvalue weighted by molar-refractivity contribution is 5.01. The van der Waals surface area contributed by atoms with Crippen LogP contribution in [0.3, 0.4) is 0 Å². The summed E-state index contributed by atoms with van der Waals surface area (Å²) in [6.45, 7) is 4.02. The van der Waals surface area contributed by atoms with Crippen LogP contribution in [0.4, 0.5) is 0 Å². The normalized spacial score (nSPS) is 23.1. The summed E-state index contributed by atoms with van der Waals surface area (Å²) in [7, 11) is 1.72. The second-order valence-corrected chi connectivity index (χ2v) is 5.95. The van der Waals surface area contributed by atoms with E-state index in [0.29, 0.717) is 12.0 Å². The standard InChI is InChI=1S/C16H29N3O2/c1-3-11-17-14-9-6-4-5-8-13(14)16-18-15(19-21-16)10-7-12-20-2/h13-14,17H,3-12H2,1-2H3.